The third-order valence-corrected chi connectivity index (χ3v) is 4.72. The topological polar surface area (TPSA) is 55.6 Å². The fraction of sp³-hybridized carbons (Fsp3) is 0.933. The van der Waals surface area contributed by atoms with Crippen molar-refractivity contribution >= 4 is 5.91 Å². The zero-order valence-corrected chi connectivity index (χ0v) is 12.6. The van der Waals surface area contributed by atoms with Gasteiger partial charge >= 0.3 is 0 Å². The van der Waals surface area contributed by atoms with Crippen molar-refractivity contribution in [3.05, 3.63) is 0 Å². The first-order valence-corrected chi connectivity index (χ1v) is 7.49. The fourth-order valence-corrected chi connectivity index (χ4v) is 3.23. The van der Waals surface area contributed by atoms with E-state index < -0.39 is 5.54 Å². The molecule has 2 heterocycles. The van der Waals surface area contributed by atoms with Gasteiger partial charge in [-0.1, -0.05) is 20.8 Å². The van der Waals surface area contributed by atoms with Gasteiger partial charge in [0.15, 0.2) is 0 Å². The van der Waals surface area contributed by atoms with Crippen LogP contribution < -0.4 is 5.73 Å². The number of hydrogen-bond acceptors (Lipinski definition) is 3. The Kier molecular flexibility index (Phi) is 4.21. The minimum Gasteiger partial charge on any atom is -0.379 e. The summed E-state index contributed by atoms with van der Waals surface area (Å²) in [5, 5.41) is 0. The summed E-state index contributed by atoms with van der Waals surface area (Å²) in [4.78, 5) is 14.5. The lowest BCUT2D eigenvalue weighted by Crippen LogP contribution is -2.56. The van der Waals surface area contributed by atoms with Crippen molar-refractivity contribution in [3.63, 3.8) is 0 Å². The Hall–Kier alpha value is -0.610. The van der Waals surface area contributed by atoms with Gasteiger partial charge in [0.1, 0.15) is 5.54 Å². The lowest BCUT2D eigenvalue weighted by molar-refractivity contribution is -0.137. The average Bonchev–Trinajstić information content (AvgIpc) is 2.64. The molecule has 2 aliphatic heterocycles. The van der Waals surface area contributed by atoms with E-state index >= 15 is 0 Å². The van der Waals surface area contributed by atoms with Crippen LogP contribution in [0.25, 0.3) is 0 Å². The lowest BCUT2D eigenvalue weighted by atomic mass is 9.77. The summed E-state index contributed by atoms with van der Waals surface area (Å²) in [6, 6.07) is 0. The molecule has 4 heteroatoms. The molecule has 2 rings (SSSR count). The minimum atomic E-state index is -0.762. The van der Waals surface area contributed by atoms with Crippen LogP contribution in [-0.2, 0) is 9.53 Å². The maximum absolute atomic E-state index is 12.6. The Morgan fingerprint density at radius 2 is 2.05 bits per heavy atom. The summed E-state index contributed by atoms with van der Waals surface area (Å²) in [6.07, 6.45) is 4.04. The third-order valence-electron chi connectivity index (χ3n) is 4.72. The molecule has 2 atom stereocenters. The molecule has 0 radical (unpaired) electrons. The van der Waals surface area contributed by atoms with Gasteiger partial charge < -0.3 is 15.4 Å². The summed E-state index contributed by atoms with van der Waals surface area (Å²) in [5.41, 5.74) is 5.76. The highest BCUT2D eigenvalue weighted by Crippen LogP contribution is 2.34. The van der Waals surface area contributed by atoms with Crippen molar-refractivity contribution < 1.29 is 9.53 Å². The van der Waals surface area contributed by atoms with Crippen LogP contribution in [0, 0.1) is 11.3 Å². The molecule has 0 bridgehead atoms. The van der Waals surface area contributed by atoms with E-state index in [9.17, 15) is 4.79 Å². The normalized spacial score (nSPS) is 33.3. The molecular weight excluding hydrogens is 240 g/mol. The second-order valence-corrected chi connectivity index (χ2v) is 7.24. The smallest absolute Gasteiger partial charge is 0.245 e. The quantitative estimate of drug-likeness (QED) is 0.788. The van der Waals surface area contributed by atoms with Gasteiger partial charge in [0.25, 0.3) is 0 Å². The third kappa shape index (κ3) is 3.29. The van der Waals surface area contributed by atoms with Crippen LogP contribution >= 0.6 is 0 Å². The Morgan fingerprint density at radius 1 is 1.32 bits per heavy atom. The molecule has 0 spiro atoms. The molecule has 2 aliphatic rings. The first kappa shape index (κ1) is 14.8. The summed E-state index contributed by atoms with van der Waals surface area (Å²) in [6.45, 7) is 9.58. The van der Waals surface area contributed by atoms with E-state index in [1.165, 1.54) is 6.42 Å². The van der Waals surface area contributed by atoms with Crippen LogP contribution in [0.3, 0.4) is 0 Å². The summed E-state index contributed by atoms with van der Waals surface area (Å²) in [7, 11) is 0. The number of rotatable bonds is 1. The molecule has 0 saturated carbocycles. The van der Waals surface area contributed by atoms with E-state index in [0.717, 1.165) is 25.9 Å². The number of nitrogens with zero attached hydrogens (tertiary/aromatic N) is 1. The molecule has 2 unspecified atom stereocenters. The van der Waals surface area contributed by atoms with Crippen LogP contribution in [0.5, 0.6) is 0 Å². The monoisotopic (exact) mass is 268 g/mol. The van der Waals surface area contributed by atoms with Gasteiger partial charge in [0.05, 0.1) is 6.61 Å². The molecule has 1 amide bonds. The van der Waals surface area contributed by atoms with Crippen molar-refractivity contribution in [1.29, 1.82) is 0 Å². The minimum absolute atomic E-state index is 0.0968. The van der Waals surface area contributed by atoms with Gasteiger partial charge in [0.2, 0.25) is 5.91 Å². The van der Waals surface area contributed by atoms with Crippen molar-refractivity contribution in [1.82, 2.24) is 4.90 Å². The van der Waals surface area contributed by atoms with E-state index in [1.807, 2.05) is 4.90 Å². The van der Waals surface area contributed by atoms with Crippen LogP contribution in [0.15, 0.2) is 0 Å². The lowest BCUT2D eigenvalue weighted by Gasteiger charge is -2.31. The zero-order valence-electron chi connectivity index (χ0n) is 12.6. The van der Waals surface area contributed by atoms with Crippen LogP contribution in [0.4, 0.5) is 0 Å². The number of nitrogens with two attached hydrogens (primary N) is 1. The molecule has 4 nitrogen and oxygen atoms in total. The van der Waals surface area contributed by atoms with E-state index in [0.29, 0.717) is 31.0 Å². The predicted molar refractivity (Wildman–Crippen MR) is 75.7 cm³/mol. The summed E-state index contributed by atoms with van der Waals surface area (Å²) >= 11 is 0. The Bertz CT molecular complexity index is 330. The zero-order chi connectivity index (χ0) is 14.1. The number of ether oxygens (including phenoxy) is 1. The number of carbonyl (C=O) groups is 1. The molecule has 0 aromatic heterocycles. The first-order chi connectivity index (χ1) is 8.83. The molecule has 2 saturated heterocycles. The maximum atomic E-state index is 12.6. The van der Waals surface area contributed by atoms with Crippen molar-refractivity contribution in [2.45, 2.75) is 52.0 Å². The first-order valence-electron chi connectivity index (χ1n) is 7.49. The second-order valence-electron chi connectivity index (χ2n) is 7.24. The molecule has 0 aromatic rings. The number of amides is 1. The largest absolute Gasteiger partial charge is 0.379 e. The number of likely N-dealkylation sites (tertiary alicyclic amines) is 1. The van der Waals surface area contributed by atoms with Crippen molar-refractivity contribution in [2.24, 2.45) is 17.1 Å². The Morgan fingerprint density at radius 3 is 2.63 bits per heavy atom. The standard InChI is InChI=1S/C15H28N2O2/c1-14(2,3)12-5-4-8-17(9-6-12)13(18)15(16)7-10-19-11-15/h12H,4-11,16H2,1-3H3. The molecule has 0 aliphatic carbocycles. The van der Waals surface area contributed by atoms with Crippen LogP contribution in [-0.4, -0.2) is 42.6 Å². The average molecular weight is 268 g/mol. The Balaban J connectivity index is 1.97. The van der Waals surface area contributed by atoms with Gasteiger partial charge in [-0.25, -0.2) is 0 Å². The molecule has 110 valence electrons. The molecule has 2 N–H and O–H groups in total. The number of hydrogen-bond donors (Lipinski definition) is 1. The highest BCUT2D eigenvalue weighted by Gasteiger charge is 2.41. The Labute approximate surface area is 116 Å². The SMILES string of the molecule is CC(C)(C)C1CCCN(C(=O)C2(N)CCOC2)CC1. The molecule has 2 fully saturated rings. The highest BCUT2D eigenvalue weighted by atomic mass is 16.5. The van der Waals surface area contributed by atoms with Crippen LogP contribution in [0.1, 0.15) is 46.5 Å². The van der Waals surface area contributed by atoms with E-state index in [1.54, 1.807) is 0 Å². The maximum Gasteiger partial charge on any atom is 0.245 e. The second kappa shape index (κ2) is 5.41. The van der Waals surface area contributed by atoms with Gasteiger partial charge in [-0.2, -0.15) is 0 Å². The summed E-state index contributed by atoms with van der Waals surface area (Å²) in [5.74, 6) is 0.790. The summed E-state index contributed by atoms with van der Waals surface area (Å²) < 4.78 is 5.31. The predicted octanol–water partition coefficient (Wildman–Crippen LogP) is 1.78. The molecule has 0 aromatic carbocycles. The van der Waals surface area contributed by atoms with Gasteiger partial charge in [0, 0.05) is 19.7 Å². The van der Waals surface area contributed by atoms with E-state index in [-0.39, 0.29) is 5.91 Å². The fourth-order valence-electron chi connectivity index (χ4n) is 3.23. The van der Waals surface area contributed by atoms with E-state index in [4.69, 9.17) is 10.5 Å². The van der Waals surface area contributed by atoms with Crippen LogP contribution in [0.2, 0.25) is 0 Å². The van der Waals surface area contributed by atoms with Gasteiger partial charge in [-0.15, -0.1) is 0 Å². The van der Waals surface area contributed by atoms with Crippen molar-refractivity contribution in [3.8, 4) is 0 Å². The van der Waals surface area contributed by atoms with Gasteiger partial charge in [-0.05, 0) is 37.0 Å². The highest BCUT2D eigenvalue weighted by molar-refractivity contribution is 5.86. The van der Waals surface area contributed by atoms with E-state index in [2.05, 4.69) is 20.8 Å². The molecular formula is C15H28N2O2. The van der Waals surface area contributed by atoms with Gasteiger partial charge in [-0.3, -0.25) is 4.79 Å². The molecule has 19 heavy (non-hydrogen) atoms. The van der Waals surface area contributed by atoms with Crippen molar-refractivity contribution in [2.75, 3.05) is 26.3 Å². The number of carbonyl (C=O) groups excluding carboxylic acids is 1.